The highest BCUT2D eigenvalue weighted by Crippen LogP contribution is 2.27. The van der Waals surface area contributed by atoms with Gasteiger partial charge in [0.1, 0.15) is 0 Å². The number of carbonyl (C=O) groups is 1. The minimum absolute atomic E-state index is 0. The maximum atomic E-state index is 12.5. The lowest BCUT2D eigenvalue weighted by atomic mass is 9.92. The van der Waals surface area contributed by atoms with Gasteiger partial charge in [-0.25, -0.2) is 0 Å². The van der Waals surface area contributed by atoms with E-state index >= 15 is 0 Å². The van der Waals surface area contributed by atoms with Crippen molar-refractivity contribution < 1.29 is 9.90 Å². The highest BCUT2D eigenvalue weighted by Gasteiger charge is 2.31. The monoisotopic (exact) mass is 277 g/mol. The fourth-order valence-corrected chi connectivity index (χ4v) is 2.65. The van der Waals surface area contributed by atoms with Gasteiger partial charge in [0.15, 0.2) is 5.78 Å². The van der Waals surface area contributed by atoms with Crippen LogP contribution >= 0.6 is 0 Å². The third-order valence-corrected chi connectivity index (χ3v) is 3.82. The van der Waals surface area contributed by atoms with Crippen LogP contribution < -0.4 is 0 Å². The Balaban J connectivity index is 0.00000200. The number of hydrogen-bond donors (Lipinski definition) is 1. The number of aliphatic hydroxyl groups is 1. The SMILES string of the molecule is C.CC(C)C(=O)C(c1ccccc1)N1CCC(O)CC1. The normalized spacial score (nSPS) is 18.6. The summed E-state index contributed by atoms with van der Waals surface area (Å²) in [5.74, 6) is 0.291. The highest BCUT2D eigenvalue weighted by molar-refractivity contribution is 5.86. The van der Waals surface area contributed by atoms with Crippen molar-refractivity contribution in [2.75, 3.05) is 13.1 Å². The van der Waals surface area contributed by atoms with Crippen LogP contribution in [0.25, 0.3) is 0 Å². The van der Waals surface area contributed by atoms with Gasteiger partial charge in [-0.1, -0.05) is 51.6 Å². The van der Waals surface area contributed by atoms with Crippen molar-refractivity contribution in [3.05, 3.63) is 35.9 Å². The van der Waals surface area contributed by atoms with E-state index < -0.39 is 0 Å². The average molecular weight is 277 g/mol. The fraction of sp³-hybridized carbons (Fsp3) is 0.588. The predicted molar refractivity (Wildman–Crippen MR) is 82.6 cm³/mol. The molecule has 1 unspecified atom stereocenters. The summed E-state index contributed by atoms with van der Waals surface area (Å²) < 4.78 is 0. The first-order valence-corrected chi connectivity index (χ1v) is 7.10. The van der Waals surface area contributed by atoms with Crippen LogP contribution in [0.3, 0.4) is 0 Å². The first-order chi connectivity index (χ1) is 9.09. The minimum atomic E-state index is -0.207. The van der Waals surface area contributed by atoms with Crippen molar-refractivity contribution in [3.8, 4) is 0 Å². The van der Waals surface area contributed by atoms with Crippen molar-refractivity contribution in [1.82, 2.24) is 4.90 Å². The van der Waals surface area contributed by atoms with Gasteiger partial charge in [-0.05, 0) is 18.4 Å². The Kier molecular flexibility index (Phi) is 6.37. The lowest BCUT2D eigenvalue weighted by Gasteiger charge is -2.36. The van der Waals surface area contributed by atoms with Gasteiger partial charge in [-0.2, -0.15) is 0 Å². The van der Waals surface area contributed by atoms with Gasteiger partial charge < -0.3 is 5.11 Å². The van der Waals surface area contributed by atoms with Crippen LogP contribution in [-0.2, 0) is 4.79 Å². The molecule has 0 amide bonds. The number of piperidine rings is 1. The van der Waals surface area contributed by atoms with Crippen molar-refractivity contribution in [2.45, 2.75) is 46.3 Å². The summed E-state index contributed by atoms with van der Waals surface area (Å²) in [4.78, 5) is 14.7. The molecule has 0 aromatic heterocycles. The zero-order valence-corrected chi connectivity index (χ0v) is 11.7. The highest BCUT2D eigenvalue weighted by atomic mass is 16.3. The van der Waals surface area contributed by atoms with Gasteiger partial charge in [0.05, 0.1) is 12.1 Å². The molecule has 0 radical (unpaired) electrons. The molecule has 1 N–H and O–H groups in total. The number of hydrogen-bond acceptors (Lipinski definition) is 3. The average Bonchev–Trinajstić information content (AvgIpc) is 2.42. The molecule has 1 atom stereocenters. The summed E-state index contributed by atoms with van der Waals surface area (Å²) in [6.45, 7) is 5.49. The number of nitrogens with zero attached hydrogens (tertiary/aromatic N) is 1. The number of carbonyl (C=O) groups excluding carboxylic acids is 1. The summed E-state index contributed by atoms with van der Waals surface area (Å²) in [6, 6.07) is 9.82. The van der Waals surface area contributed by atoms with E-state index in [4.69, 9.17) is 0 Å². The lowest BCUT2D eigenvalue weighted by Crippen LogP contribution is -2.42. The van der Waals surface area contributed by atoms with Gasteiger partial charge >= 0.3 is 0 Å². The van der Waals surface area contributed by atoms with Crippen molar-refractivity contribution in [1.29, 1.82) is 0 Å². The predicted octanol–water partition coefficient (Wildman–Crippen LogP) is 3.05. The maximum absolute atomic E-state index is 12.5. The van der Waals surface area contributed by atoms with Gasteiger partial charge in [-0.15, -0.1) is 0 Å². The van der Waals surface area contributed by atoms with Crippen LogP contribution in [0.2, 0.25) is 0 Å². The first-order valence-electron chi connectivity index (χ1n) is 7.10. The second-order valence-electron chi connectivity index (χ2n) is 5.64. The topological polar surface area (TPSA) is 40.5 Å². The summed E-state index contributed by atoms with van der Waals surface area (Å²) in [5.41, 5.74) is 1.07. The molecule has 3 nitrogen and oxygen atoms in total. The van der Waals surface area contributed by atoms with Crippen LogP contribution in [0.1, 0.15) is 45.7 Å². The van der Waals surface area contributed by atoms with Gasteiger partial charge in [0, 0.05) is 19.0 Å². The molecule has 1 aliphatic rings. The molecule has 1 aliphatic heterocycles. The molecular formula is C17H27NO2. The summed E-state index contributed by atoms with van der Waals surface area (Å²) in [7, 11) is 0. The molecule has 2 rings (SSSR count). The molecule has 3 heteroatoms. The summed E-state index contributed by atoms with van der Waals surface area (Å²) in [5, 5.41) is 9.62. The Bertz CT molecular complexity index is 408. The molecule has 112 valence electrons. The fourth-order valence-electron chi connectivity index (χ4n) is 2.65. The third kappa shape index (κ3) is 3.90. The Morgan fingerprint density at radius 1 is 1.20 bits per heavy atom. The molecule has 0 spiro atoms. The Labute approximate surface area is 122 Å². The standard InChI is InChI=1S/C16H23NO2.CH4/c1-12(2)16(19)15(13-6-4-3-5-7-13)17-10-8-14(18)9-11-17;/h3-7,12,14-15,18H,8-11H2,1-2H3;1H4. The molecule has 1 aromatic rings. The number of Topliss-reactive ketones (excluding diaryl/α,β-unsaturated/α-hetero) is 1. The van der Waals surface area contributed by atoms with E-state index in [0.29, 0.717) is 0 Å². The molecule has 0 bridgehead atoms. The number of likely N-dealkylation sites (tertiary alicyclic amines) is 1. The smallest absolute Gasteiger partial charge is 0.157 e. The Hall–Kier alpha value is -1.19. The van der Waals surface area contributed by atoms with Crippen LogP contribution in [0.5, 0.6) is 0 Å². The minimum Gasteiger partial charge on any atom is -0.393 e. The van der Waals surface area contributed by atoms with Crippen LogP contribution in [0, 0.1) is 5.92 Å². The van der Waals surface area contributed by atoms with Gasteiger partial charge in [0.2, 0.25) is 0 Å². The second-order valence-corrected chi connectivity index (χ2v) is 5.64. The quantitative estimate of drug-likeness (QED) is 0.919. The number of aliphatic hydroxyl groups excluding tert-OH is 1. The second kappa shape index (κ2) is 7.55. The summed E-state index contributed by atoms with van der Waals surface area (Å²) >= 11 is 0. The van der Waals surface area contributed by atoms with Crippen molar-refractivity contribution in [3.63, 3.8) is 0 Å². The molecular weight excluding hydrogens is 250 g/mol. The van der Waals surface area contributed by atoms with E-state index in [-0.39, 0.29) is 31.3 Å². The molecule has 0 saturated carbocycles. The van der Waals surface area contributed by atoms with E-state index in [0.717, 1.165) is 31.5 Å². The Morgan fingerprint density at radius 3 is 2.25 bits per heavy atom. The van der Waals surface area contributed by atoms with E-state index in [1.54, 1.807) is 0 Å². The van der Waals surface area contributed by atoms with Gasteiger partial charge in [-0.3, -0.25) is 9.69 Å². The van der Waals surface area contributed by atoms with Crippen LogP contribution in [0.4, 0.5) is 0 Å². The third-order valence-electron chi connectivity index (χ3n) is 3.82. The summed E-state index contributed by atoms with van der Waals surface area (Å²) in [6.07, 6.45) is 1.31. The number of benzene rings is 1. The van der Waals surface area contributed by atoms with E-state index in [1.807, 2.05) is 44.2 Å². The van der Waals surface area contributed by atoms with E-state index in [1.165, 1.54) is 0 Å². The van der Waals surface area contributed by atoms with Crippen molar-refractivity contribution >= 4 is 5.78 Å². The molecule has 1 aromatic carbocycles. The molecule has 0 aliphatic carbocycles. The maximum Gasteiger partial charge on any atom is 0.157 e. The van der Waals surface area contributed by atoms with Crippen LogP contribution in [0.15, 0.2) is 30.3 Å². The Morgan fingerprint density at radius 2 is 1.75 bits per heavy atom. The van der Waals surface area contributed by atoms with Crippen LogP contribution in [-0.4, -0.2) is 35.0 Å². The number of rotatable bonds is 4. The van der Waals surface area contributed by atoms with Crippen molar-refractivity contribution in [2.24, 2.45) is 5.92 Å². The van der Waals surface area contributed by atoms with Gasteiger partial charge in [0.25, 0.3) is 0 Å². The molecule has 1 heterocycles. The first kappa shape index (κ1) is 16.9. The molecule has 20 heavy (non-hydrogen) atoms. The molecule has 1 saturated heterocycles. The van der Waals surface area contributed by atoms with E-state index in [2.05, 4.69) is 4.90 Å². The van der Waals surface area contributed by atoms with E-state index in [9.17, 15) is 9.90 Å². The molecule has 1 fully saturated rings. The lowest BCUT2D eigenvalue weighted by molar-refractivity contribution is -0.128. The zero-order valence-electron chi connectivity index (χ0n) is 11.7. The number of ketones is 1. The zero-order chi connectivity index (χ0) is 13.8. The largest absolute Gasteiger partial charge is 0.393 e.